The molecule has 1 unspecified atom stereocenters. The first kappa shape index (κ1) is 15.5. The van der Waals surface area contributed by atoms with E-state index in [-0.39, 0.29) is 11.9 Å². The van der Waals surface area contributed by atoms with Gasteiger partial charge in [-0.1, -0.05) is 37.6 Å². The van der Waals surface area contributed by atoms with E-state index < -0.39 is 11.5 Å². The molecule has 114 valence electrons. The summed E-state index contributed by atoms with van der Waals surface area (Å²) in [6.45, 7) is 4.10. The van der Waals surface area contributed by atoms with Crippen molar-refractivity contribution in [2.24, 2.45) is 0 Å². The molecular weight excluding hydrogens is 268 g/mol. The van der Waals surface area contributed by atoms with Crippen LogP contribution in [0.25, 0.3) is 0 Å². The number of carboxylic acids is 1. The third-order valence-corrected chi connectivity index (χ3v) is 4.02. The lowest BCUT2D eigenvalue weighted by Crippen LogP contribution is -2.58. The van der Waals surface area contributed by atoms with E-state index in [0.29, 0.717) is 25.8 Å². The van der Waals surface area contributed by atoms with E-state index in [0.717, 1.165) is 5.56 Å². The number of amides is 1. The summed E-state index contributed by atoms with van der Waals surface area (Å²) in [6.07, 6.45) is 1.70. The lowest BCUT2D eigenvalue weighted by atomic mass is 9.92. The molecule has 0 spiro atoms. The van der Waals surface area contributed by atoms with E-state index in [4.69, 9.17) is 0 Å². The van der Waals surface area contributed by atoms with Gasteiger partial charge in [-0.25, -0.2) is 4.79 Å². The molecule has 1 heterocycles. The molecule has 0 bridgehead atoms. The highest BCUT2D eigenvalue weighted by atomic mass is 16.4. The Morgan fingerprint density at radius 2 is 2.05 bits per heavy atom. The second-order valence-electron chi connectivity index (χ2n) is 5.78. The van der Waals surface area contributed by atoms with Crippen LogP contribution >= 0.6 is 0 Å². The van der Waals surface area contributed by atoms with Crippen LogP contribution in [0.15, 0.2) is 24.3 Å². The minimum Gasteiger partial charge on any atom is -0.480 e. The Hall–Kier alpha value is -1.88. The molecule has 1 aromatic rings. The summed E-state index contributed by atoms with van der Waals surface area (Å²) in [7, 11) is 0. The van der Waals surface area contributed by atoms with Crippen molar-refractivity contribution in [1.82, 2.24) is 10.6 Å². The van der Waals surface area contributed by atoms with E-state index in [2.05, 4.69) is 10.6 Å². The Labute approximate surface area is 124 Å². The molecule has 1 aromatic carbocycles. The molecule has 21 heavy (non-hydrogen) atoms. The fourth-order valence-electron chi connectivity index (χ4n) is 2.72. The van der Waals surface area contributed by atoms with Gasteiger partial charge in [0.15, 0.2) is 0 Å². The van der Waals surface area contributed by atoms with Crippen LogP contribution in [0.3, 0.4) is 0 Å². The fourth-order valence-corrected chi connectivity index (χ4v) is 2.72. The second-order valence-corrected chi connectivity index (χ2v) is 5.78. The molecule has 0 aliphatic carbocycles. The van der Waals surface area contributed by atoms with Crippen LogP contribution in [0.2, 0.25) is 0 Å². The standard InChI is InChI=1S/C16H22N2O3/c1-3-8-16(2,15(20)21)18-14(19)13-9-11-6-4-5-7-12(11)10-17-13/h4-7,13,17H,3,8-10H2,1-2H3,(H,18,19)(H,20,21)/t13-,16?/m1/s1. The van der Waals surface area contributed by atoms with Crippen molar-refractivity contribution < 1.29 is 14.7 Å². The minimum absolute atomic E-state index is 0.247. The van der Waals surface area contributed by atoms with Gasteiger partial charge in [-0.05, 0) is 30.9 Å². The van der Waals surface area contributed by atoms with E-state index >= 15 is 0 Å². The highest BCUT2D eigenvalue weighted by molar-refractivity contribution is 5.89. The Bertz CT molecular complexity index is 544. The largest absolute Gasteiger partial charge is 0.480 e. The summed E-state index contributed by atoms with van der Waals surface area (Å²) in [5.41, 5.74) is 1.13. The number of rotatable bonds is 5. The Morgan fingerprint density at radius 1 is 1.38 bits per heavy atom. The highest BCUT2D eigenvalue weighted by Crippen LogP contribution is 2.18. The van der Waals surface area contributed by atoms with Crippen molar-refractivity contribution in [2.75, 3.05) is 0 Å². The predicted molar refractivity (Wildman–Crippen MR) is 79.9 cm³/mol. The van der Waals surface area contributed by atoms with Crippen LogP contribution in [-0.4, -0.2) is 28.6 Å². The first-order valence-electron chi connectivity index (χ1n) is 7.32. The molecule has 1 aliphatic rings. The zero-order valence-corrected chi connectivity index (χ0v) is 12.5. The maximum atomic E-state index is 12.4. The molecule has 3 N–H and O–H groups in total. The molecule has 2 atom stereocenters. The third-order valence-electron chi connectivity index (χ3n) is 4.02. The molecule has 2 rings (SSSR count). The van der Waals surface area contributed by atoms with Crippen molar-refractivity contribution in [2.45, 2.75) is 51.2 Å². The number of hydrogen-bond donors (Lipinski definition) is 3. The van der Waals surface area contributed by atoms with Crippen LogP contribution in [0, 0.1) is 0 Å². The Balaban J connectivity index is 2.06. The molecule has 0 saturated carbocycles. The van der Waals surface area contributed by atoms with E-state index in [1.54, 1.807) is 6.92 Å². The summed E-state index contributed by atoms with van der Waals surface area (Å²) < 4.78 is 0. The summed E-state index contributed by atoms with van der Waals surface area (Å²) in [5.74, 6) is -1.24. The summed E-state index contributed by atoms with van der Waals surface area (Å²) >= 11 is 0. The van der Waals surface area contributed by atoms with Crippen LogP contribution in [-0.2, 0) is 22.6 Å². The summed E-state index contributed by atoms with van der Waals surface area (Å²) in [6, 6.07) is 7.60. The van der Waals surface area contributed by atoms with Gasteiger partial charge in [-0.15, -0.1) is 0 Å². The lowest BCUT2D eigenvalue weighted by molar-refractivity contribution is -0.147. The fraction of sp³-hybridized carbons (Fsp3) is 0.500. The normalized spacial score (nSPS) is 20.2. The number of nitrogens with one attached hydrogen (secondary N) is 2. The Morgan fingerprint density at radius 3 is 2.67 bits per heavy atom. The molecule has 5 heteroatoms. The molecule has 1 aliphatic heterocycles. The van der Waals surface area contributed by atoms with E-state index in [1.165, 1.54) is 5.56 Å². The van der Waals surface area contributed by atoms with Gasteiger partial charge in [0.05, 0.1) is 6.04 Å². The van der Waals surface area contributed by atoms with Crippen molar-refractivity contribution >= 4 is 11.9 Å². The number of carbonyl (C=O) groups is 2. The maximum absolute atomic E-state index is 12.4. The lowest BCUT2D eigenvalue weighted by Gasteiger charge is -2.31. The SMILES string of the molecule is CCCC(C)(NC(=O)[C@H]1Cc2ccccc2CN1)C(=O)O. The Kier molecular flexibility index (Phi) is 4.63. The first-order valence-corrected chi connectivity index (χ1v) is 7.32. The van der Waals surface area contributed by atoms with Crippen molar-refractivity contribution in [3.05, 3.63) is 35.4 Å². The molecule has 5 nitrogen and oxygen atoms in total. The number of carboxylic acid groups (broad SMARTS) is 1. The average Bonchev–Trinajstić information content (AvgIpc) is 2.46. The zero-order chi connectivity index (χ0) is 15.5. The number of hydrogen-bond acceptors (Lipinski definition) is 3. The maximum Gasteiger partial charge on any atom is 0.329 e. The van der Waals surface area contributed by atoms with Gasteiger partial charge in [0.1, 0.15) is 5.54 Å². The van der Waals surface area contributed by atoms with E-state index in [9.17, 15) is 14.7 Å². The molecule has 0 fully saturated rings. The highest BCUT2D eigenvalue weighted by Gasteiger charge is 2.36. The number of benzene rings is 1. The molecule has 0 radical (unpaired) electrons. The van der Waals surface area contributed by atoms with Gasteiger partial charge in [-0.3, -0.25) is 4.79 Å². The topological polar surface area (TPSA) is 78.4 Å². The second kappa shape index (κ2) is 6.26. The smallest absolute Gasteiger partial charge is 0.329 e. The van der Waals surface area contributed by atoms with Gasteiger partial charge < -0.3 is 15.7 Å². The summed E-state index contributed by atoms with van der Waals surface area (Å²) in [4.78, 5) is 23.8. The van der Waals surface area contributed by atoms with E-state index in [1.807, 2.05) is 31.2 Å². The van der Waals surface area contributed by atoms with Gasteiger partial charge in [-0.2, -0.15) is 0 Å². The molecule has 1 amide bonds. The molecule has 0 aromatic heterocycles. The predicted octanol–water partition coefficient (Wildman–Crippen LogP) is 1.46. The number of fused-ring (bicyclic) bond motifs is 1. The van der Waals surface area contributed by atoms with Crippen LogP contribution < -0.4 is 10.6 Å². The monoisotopic (exact) mass is 290 g/mol. The third kappa shape index (κ3) is 3.42. The van der Waals surface area contributed by atoms with Crippen molar-refractivity contribution in [3.8, 4) is 0 Å². The van der Waals surface area contributed by atoms with Crippen molar-refractivity contribution in [3.63, 3.8) is 0 Å². The summed E-state index contributed by atoms with van der Waals surface area (Å²) in [5, 5.41) is 15.2. The van der Waals surface area contributed by atoms with Gasteiger partial charge in [0, 0.05) is 6.54 Å². The average molecular weight is 290 g/mol. The van der Waals surface area contributed by atoms with Crippen LogP contribution in [0.4, 0.5) is 0 Å². The molecule has 0 saturated heterocycles. The number of carbonyl (C=O) groups excluding carboxylic acids is 1. The molecular formula is C16H22N2O3. The minimum atomic E-state index is -1.20. The van der Waals surface area contributed by atoms with Crippen LogP contribution in [0.5, 0.6) is 0 Å². The zero-order valence-electron chi connectivity index (χ0n) is 12.5. The number of aliphatic carboxylic acids is 1. The van der Waals surface area contributed by atoms with Crippen LogP contribution in [0.1, 0.15) is 37.8 Å². The van der Waals surface area contributed by atoms with Gasteiger partial charge >= 0.3 is 5.97 Å². The van der Waals surface area contributed by atoms with Gasteiger partial charge in [0.2, 0.25) is 5.91 Å². The van der Waals surface area contributed by atoms with Crippen molar-refractivity contribution in [1.29, 1.82) is 0 Å². The van der Waals surface area contributed by atoms with Gasteiger partial charge in [0.25, 0.3) is 0 Å². The first-order chi connectivity index (χ1) is 9.96. The quantitative estimate of drug-likeness (QED) is 0.767.